The van der Waals surface area contributed by atoms with Crippen molar-refractivity contribution in [1.82, 2.24) is 4.98 Å². The Morgan fingerprint density at radius 3 is 3.00 bits per heavy atom. The summed E-state index contributed by atoms with van der Waals surface area (Å²) in [6, 6.07) is 13.0. The van der Waals surface area contributed by atoms with E-state index in [2.05, 4.69) is 58.5 Å². The third kappa shape index (κ3) is 2.62. The van der Waals surface area contributed by atoms with Crippen molar-refractivity contribution in [3.8, 4) is 0 Å². The number of benzene rings is 1. The van der Waals surface area contributed by atoms with E-state index in [1.165, 1.54) is 23.2 Å². The first-order chi connectivity index (χ1) is 9.76. The molecule has 0 bridgehead atoms. The molecule has 2 heterocycles. The third-order valence-corrected chi connectivity index (χ3v) is 3.89. The van der Waals surface area contributed by atoms with Crippen LogP contribution in [0.1, 0.15) is 18.1 Å². The highest BCUT2D eigenvalue weighted by Crippen LogP contribution is 2.30. The third-order valence-electron chi connectivity index (χ3n) is 3.89. The molecule has 1 aromatic carbocycles. The molecule has 0 saturated heterocycles. The van der Waals surface area contributed by atoms with E-state index in [1.807, 2.05) is 13.2 Å². The van der Waals surface area contributed by atoms with Crippen molar-refractivity contribution >= 4 is 11.5 Å². The Kier molecular flexibility index (Phi) is 3.59. The number of rotatable bonds is 3. The summed E-state index contributed by atoms with van der Waals surface area (Å²) < 4.78 is 0. The second-order valence-electron chi connectivity index (χ2n) is 5.62. The lowest BCUT2D eigenvalue weighted by Gasteiger charge is -2.35. The van der Waals surface area contributed by atoms with E-state index in [9.17, 15) is 0 Å². The predicted molar refractivity (Wildman–Crippen MR) is 84.1 cm³/mol. The zero-order chi connectivity index (χ0) is 13.9. The number of aromatic nitrogens is 1. The first-order valence-electron chi connectivity index (χ1n) is 7.22. The van der Waals surface area contributed by atoms with Crippen molar-refractivity contribution in [3.63, 3.8) is 0 Å². The van der Waals surface area contributed by atoms with Crippen LogP contribution in [-0.2, 0) is 13.0 Å². The van der Waals surface area contributed by atoms with Crippen molar-refractivity contribution < 1.29 is 0 Å². The molecular weight excluding hydrogens is 246 g/mol. The Labute approximate surface area is 120 Å². The maximum Gasteiger partial charge on any atom is 0.125 e. The van der Waals surface area contributed by atoms with E-state index in [-0.39, 0.29) is 0 Å². The SMILES string of the molecule is CNc1cc(CN2CC(C)Cc3ccccc32)ccn1. The van der Waals surface area contributed by atoms with Gasteiger partial charge >= 0.3 is 0 Å². The van der Waals surface area contributed by atoms with Gasteiger partial charge in [0.15, 0.2) is 0 Å². The fraction of sp³-hybridized carbons (Fsp3) is 0.353. The fourth-order valence-electron chi connectivity index (χ4n) is 2.99. The molecule has 1 atom stereocenters. The van der Waals surface area contributed by atoms with E-state index in [0.717, 1.165) is 18.9 Å². The Morgan fingerprint density at radius 1 is 1.30 bits per heavy atom. The molecule has 0 fully saturated rings. The zero-order valence-corrected chi connectivity index (χ0v) is 12.1. The molecule has 3 nitrogen and oxygen atoms in total. The molecule has 1 aliphatic heterocycles. The van der Waals surface area contributed by atoms with Crippen molar-refractivity contribution in [2.75, 3.05) is 23.8 Å². The lowest BCUT2D eigenvalue weighted by Crippen LogP contribution is -2.33. The summed E-state index contributed by atoms with van der Waals surface area (Å²) in [5.74, 6) is 1.64. The van der Waals surface area contributed by atoms with Crippen molar-refractivity contribution in [2.45, 2.75) is 19.9 Å². The van der Waals surface area contributed by atoms with Gasteiger partial charge in [-0.2, -0.15) is 0 Å². The molecule has 0 spiro atoms. The van der Waals surface area contributed by atoms with Gasteiger partial charge in [-0.15, -0.1) is 0 Å². The lowest BCUT2D eigenvalue weighted by molar-refractivity contribution is 0.530. The molecule has 0 amide bonds. The van der Waals surface area contributed by atoms with Gasteiger partial charge in [0.1, 0.15) is 5.82 Å². The van der Waals surface area contributed by atoms with Gasteiger partial charge in [0.2, 0.25) is 0 Å². The number of para-hydroxylation sites is 1. The average molecular weight is 267 g/mol. The van der Waals surface area contributed by atoms with Gasteiger partial charge in [-0.25, -0.2) is 4.98 Å². The maximum atomic E-state index is 4.28. The van der Waals surface area contributed by atoms with Gasteiger partial charge in [0.05, 0.1) is 0 Å². The largest absolute Gasteiger partial charge is 0.373 e. The predicted octanol–water partition coefficient (Wildman–Crippen LogP) is 3.32. The summed E-state index contributed by atoms with van der Waals surface area (Å²) in [5, 5.41) is 3.10. The van der Waals surface area contributed by atoms with Gasteiger partial charge < -0.3 is 10.2 Å². The van der Waals surface area contributed by atoms with Crippen LogP contribution in [0.2, 0.25) is 0 Å². The second-order valence-corrected chi connectivity index (χ2v) is 5.62. The molecule has 20 heavy (non-hydrogen) atoms. The number of nitrogens with zero attached hydrogens (tertiary/aromatic N) is 2. The van der Waals surface area contributed by atoms with Crippen LogP contribution in [0.3, 0.4) is 0 Å². The molecule has 3 heteroatoms. The quantitative estimate of drug-likeness (QED) is 0.924. The molecule has 2 aromatic rings. The van der Waals surface area contributed by atoms with E-state index in [4.69, 9.17) is 0 Å². The Balaban J connectivity index is 1.87. The highest BCUT2D eigenvalue weighted by atomic mass is 15.1. The zero-order valence-electron chi connectivity index (χ0n) is 12.1. The van der Waals surface area contributed by atoms with Gasteiger partial charge in [-0.05, 0) is 41.7 Å². The number of fused-ring (bicyclic) bond motifs is 1. The summed E-state index contributed by atoms with van der Waals surface area (Å²) in [6.07, 6.45) is 3.06. The summed E-state index contributed by atoms with van der Waals surface area (Å²) in [4.78, 5) is 6.76. The summed E-state index contributed by atoms with van der Waals surface area (Å²) in [7, 11) is 1.91. The minimum Gasteiger partial charge on any atom is -0.373 e. The van der Waals surface area contributed by atoms with E-state index < -0.39 is 0 Å². The number of hydrogen-bond donors (Lipinski definition) is 1. The summed E-state index contributed by atoms with van der Waals surface area (Å²) >= 11 is 0. The van der Waals surface area contributed by atoms with Gasteiger partial charge in [-0.1, -0.05) is 25.1 Å². The first-order valence-corrected chi connectivity index (χ1v) is 7.22. The molecule has 0 radical (unpaired) electrons. The number of hydrogen-bond acceptors (Lipinski definition) is 3. The normalized spacial score (nSPS) is 17.7. The van der Waals surface area contributed by atoms with Crippen LogP contribution >= 0.6 is 0 Å². The number of pyridine rings is 1. The monoisotopic (exact) mass is 267 g/mol. The summed E-state index contributed by atoms with van der Waals surface area (Å²) in [5.41, 5.74) is 4.15. The van der Waals surface area contributed by atoms with Crippen LogP contribution in [0.5, 0.6) is 0 Å². The van der Waals surface area contributed by atoms with Crippen LogP contribution in [-0.4, -0.2) is 18.6 Å². The molecule has 1 aliphatic rings. The van der Waals surface area contributed by atoms with Crippen LogP contribution in [0.25, 0.3) is 0 Å². The van der Waals surface area contributed by atoms with E-state index in [1.54, 1.807) is 0 Å². The molecule has 104 valence electrons. The average Bonchev–Trinajstić information content (AvgIpc) is 2.47. The van der Waals surface area contributed by atoms with Crippen LogP contribution in [0.15, 0.2) is 42.6 Å². The number of nitrogens with one attached hydrogen (secondary N) is 1. The van der Waals surface area contributed by atoms with Crippen molar-refractivity contribution in [2.24, 2.45) is 5.92 Å². The first kappa shape index (κ1) is 13.0. The minimum atomic E-state index is 0.704. The highest BCUT2D eigenvalue weighted by Gasteiger charge is 2.21. The molecule has 0 saturated carbocycles. The van der Waals surface area contributed by atoms with Crippen LogP contribution in [0, 0.1) is 5.92 Å². The molecule has 1 aromatic heterocycles. The molecular formula is C17H21N3. The number of anilines is 2. The van der Waals surface area contributed by atoms with Gasteiger partial charge in [0.25, 0.3) is 0 Å². The fourth-order valence-corrected chi connectivity index (χ4v) is 2.99. The molecule has 1 unspecified atom stereocenters. The van der Waals surface area contributed by atoms with Crippen molar-refractivity contribution in [3.05, 3.63) is 53.7 Å². The van der Waals surface area contributed by atoms with Gasteiger partial charge in [-0.3, -0.25) is 0 Å². The minimum absolute atomic E-state index is 0.704. The molecule has 0 aliphatic carbocycles. The Hall–Kier alpha value is -2.03. The molecule has 1 N–H and O–H groups in total. The smallest absolute Gasteiger partial charge is 0.125 e. The van der Waals surface area contributed by atoms with Gasteiger partial charge in [0, 0.05) is 32.0 Å². The Bertz CT molecular complexity index is 594. The highest BCUT2D eigenvalue weighted by molar-refractivity contribution is 5.56. The molecule has 3 rings (SSSR count). The van der Waals surface area contributed by atoms with E-state index in [0.29, 0.717) is 5.92 Å². The lowest BCUT2D eigenvalue weighted by atomic mass is 9.93. The second kappa shape index (κ2) is 5.53. The van der Waals surface area contributed by atoms with Crippen molar-refractivity contribution in [1.29, 1.82) is 0 Å². The van der Waals surface area contributed by atoms with Crippen LogP contribution < -0.4 is 10.2 Å². The van der Waals surface area contributed by atoms with E-state index >= 15 is 0 Å². The standard InChI is InChI=1S/C17H21N3/c1-13-9-15-5-3-4-6-16(15)20(11-13)12-14-7-8-19-17(10-14)18-2/h3-8,10,13H,9,11-12H2,1-2H3,(H,18,19). The maximum absolute atomic E-state index is 4.28. The Morgan fingerprint density at radius 2 is 2.15 bits per heavy atom. The summed E-state index contributed by atoms with van der Waals surface area (Å²) in [6.45, 7) is 4.39. The topological polar surface area (TPSA) is 28.2 Å². The van der Waals surface area contributed by atoms with Crippen LogP contribution in [0.4, 0.5) is 11.5 Å².